The van der Waals surface area contributed by atoms with Gasteiger partial charge in [-0.2, -0.15) is 0 Å². The van der Waals surface area contributed by atoms with Crippen molar-refractivity contribution in [3.8, 4) is 0 Å². The third-order valence-electron chi connectivity index (χ3n) is 4.43. The van der Waals surface area contributed by atoms with Crippen LogP contribution in [0, 0.1) is 0 Å². The molecule has 116 valence electrons. The van der Waals surface area contributed by atoms with Crippen LogP contribution in [0.5, 0.6) is 0 Å². The van der Waals surface area contributed by atoms with Crippen LogP contribution in [0.1, 0.15) is 19.8 Å². The minimum absolute atomic E-state index is 0.560. The molecular formula is C13H27N3O3Si. The Morgan fingerprint density at radius 2 is 1.70 bits per heavy atom. The van der Waals surface area contributed by atoms with E-state index in [2.05, 4.69) is 13.2 Å². The van der Waals surface area contributed by atoms with Gasteiger partial charge in [0, 0.05) is 21.3 Å². The monoisotopic (exact) mass is 301 g/mol. The van der Waals surface area contributed by atoms with Crippen molar-refractivity contribution in [3.63, 3.8) is 0 Å². The fraction of sp³-hybridized carbons (Fsp3) is 0.692. The Bertz CT molecular complexity index is 410. The zero-order valence-electron chi connectivity index (χ0n) is 12.9. The number of methoxy groups -OCH3 is 1. The minimum Gasteiger partial charge on any atom is -0.393 e. The first kappa shape index (κ1) is 17.5. The van der Waals surface area contributed by atoms with Crippen LogP contribution in [0.2, 0.25) is 0 Å². The van der Waals surface area contributed by atoms with Crippen LogP contribution >= 0.6 is 0 Å². The molecule has 1 rings (SSSR count). The fourth-order valence-electron chi connectivity index (χ4n) is 3.27. The summed E-state index contributed by atoms with van der Waals surface area (Å²) in [6.45, 7) is 10.0. The lowest BCUT2D eigenvalue weighted by molar-refractivity contribution is -0.0601. The van der Waals surface area contributed by atoms with E-state index in [4.69, 9.17) is 30.8 Å². The molecule has 20 heavy (non-hydrogen) atoms. The van der Waals surface area contributed by atoms with Crippen LogP contribution in [0.3, 0.4) is 0 Å². The lowest BCUT2D eigenvalue weighted by Gasteiger charge is -2.59. The number of ether oxygens (including phenoxy) is 1. The van der Waals surface area contributed by atoms with Gasteiger partial charge in [0.1, 0.15) is 10.9 Å². The highest BCUT2D eigenvalue weighted by Crippen LogP contribution is 2.48. The molecule has 2 unspecified atom stereocenters. The molecule has 7 heteroatoms. The van der Waals surface area contributed by atoms with Gasteiger partial charge < -0.3 is 30.8 Å². The number of hydrogen-bond acceptors (Lipinski definition) is 6. The zero-order chi connectivity index (χ0) is 15.8. The van der Waals surface area contributed by atoms with Gasteiger partial charge in [0.2, 0.25) is 0 Å². The van der Waals surface area contributed by atoms with Gasteiger partial charge in [-0.25, -0.2) is 0 Å². The second-order valence-electron chi connectivity index (χ2n) is 5.22. The molecule has 0 saturated carbocycles. The van der Waals surface area contributed by atoms with Gasteiger partial charge >= 0.3 is 8.56 Å². The molecule has 0 radical (unpaired) electrons. The molecule has 1 saturated heterocycles. The number of nitrogens with two attached hydrogens (primary N) is 3. The van der Waals surface area contributed by atoms with Gasteiger partial charge in [-0.1, -0.05) is 26.5 Å². The molecule has 0 bridgehead atoms. The van der Waals surface area contributed by atoms with Crippen LogP contribution in [0.25, 0.3) is 0 Å². The summed E-state index contributed by atoms with van der Waals surface area (Å²) in [4.78, 5) is 0. The van der Waals surface area contributed by atoms with Crippen molar-refractivity contribution in [2.24, 2.45) is 17.2 Å². The van der Waals surface area contributed by atoms with Gasteiger partial charge in [0.25, 0.3) is 0 Å². The molecule has 1 aliphatic heterocycles. The Labute approximate surface area is 122 Å². The molecule has 1 fully saturated rings. The average molecular weight is 301 g/mol. The van der Waals surface area contributed by atoms with Crippen LogP contribution in [0.15, 0.2) is 23.9 Å². The second-order valence-corrected chi connectivity index (χ2v) is 8.68. The van der Waals surface area contributed by atoms with E-state index in [9.17, 15) is 0 Å². The summed E-state index contributed by atoms with van der Waals surface area (Å²) in [7, 11) is 1.55. The molecule has 6 nitrogen and oxygen atoms in total. The van der Waals surface area contributed by atoms with Crippen molar-refractivity contribution in [1.82, 2.24) is 0 Å². The van der Waals surface area contributed by atoms with Crippen molar-refractivity contribution >= 4 is 8.56 Å². The summed E-state index contributed by atoms with van der Waals surface area (Å²) in [5.74, 6) is 0. The second kappa shape index (κ2) is 5.68. The Kier molecular flexibility index (Phi) is 4.98. The van der Waals surface area contributed by atoms with Crippen LogP contribution < -0.4 is 17.2 Å². The first-order valence-corrected chi connectivity index (χ1v) is 8.41. The highest BCUT2D eigenvalue weighted by atomic mass is 28.4. The molecule has 0 amide bonds. The highest BCUT2D eigenvalue weighted by Gasteiger charge is 2.72. The third kappa shape index (κ3) is 1.86. The van der Waals surface area contributed by atoms with Crippen molar-refractivity contribution in [2.45, 2.75) is 36.7 Å². The van der Waals surface area contributed by atoms with Gasteiger partial charge in [0.05, 0.1) is 6.04 Å². The standard InChI is InChI=1S/C13H27N3O3Si/c1-7-8-12(17-4)13(15,16)11(14)9(2)10(3)20(12,18-5)19-6/h11H,2-3,7-8,14-16H2,1,4-6H3. The van der Waals surface area contributed by atoms with Crippen molar-refractivity contribution in [3.05, 3.63) is 23.9 Å². The summed E-state index contributed by atoms with van der Waals surface area (Å²) in [6.07, 6.45) is 1.35. The van der Waals surface area contributed by atoms with E-state index in [0.29, 0.717) is 17.2 Å². The van der Waals surface area contributed by atoms with E-state index in [1.165, 1.54) is 0 Å². The molecule has 0 aromatic carbocycles. The Hall–Kier alpha value is -0.543. The predicted molar refractivity (Wildman–Crippen MR) is 81.8 cm³/mol. The van der Waals surface area contributed by atoms with Crippen LogP contribution in [-0.2, 0) is 13.6 Å². The number of hydrogen-bond donors (Lipinski definition) is 3. The molecule has 0 aliphatic carbocycles. The van der Waals surface area contributed by atoms with E-state index in [1.54, 1.807) is 21.3 Å². The van der Waals surface area contributed by atoms with E-state index in [0.717, 1.165) is 6.42 Å². The largest absolute Gasteiger partial charge is 0.408 e. The van der Waals surface area contributed by atoms with Crippen LogP contribution in [0.4, 0.5) is 0 Å². The van der Waals surface area contributed by atoms with E-state index in [-0.39, 0.29) is 0 Å². The predicted octanol–water partition coefficient (Wildman–Crippen LogP) is 0.0521. The summed E-state index contributed by atoms with van der Waals surface area (Å²) in [5.41, 5.74) is 18.1. The fourth-order valence-corrected chi connectivity index (χ4v) is 7.23. The topological polar surface area (TPSA) is 106 Å². The van der Waals surface area contributed by atoms with Crippen molar-refractivity contribution < 1.29 is 13.6 Å². The van der Waals surface area contributed by atoms with Gasteiger partial charge in [-0.3, -0.25) is 0 Å². The molecule has 0 aromatic heterocycles. The Morgan fingerprint density at radius 3 is 2.05 bits per heavy atom. The quantitative estimate of drug-likeness (QED) is 0.489. The highest BCUT2D eigenvalue weighted by molar-refractivity contribution is 6.79. The summed E-state index contributed by atoms with van der Waals surface area (Å²) >= 11 is 0. The molecular weight excluding hydrogens is 274 g/mol. The maximum absolute atomic E-state index is 6.38. The SMILES string of the molecule is C=C1C(=C)[Si](OC)(OC)C(CCC)(OC)C(N)(N)C1N. The van der Waals surface area contributed by atoms with Crippen molar-refractivity contribution in [1.29, 1.82) is 0 Å². The van der Waals surface area contributed by atoms with Gasteiger partial charge in [0.15, 0.2) is 0 Å². The van der Waals surface area contributed by atoms with Gasteiger partial charge in [-0.15, -0.1) is 0 Å². The van der Waals surface area contributed by atoms with Crippen molar-refractivity contribution in [2.75, 3.05) is 21.3 Å². The Morgan fingerprint density at radius 1 is 1.20 bits per heavy atom. The van der Waals surface area contributed by atoms with Gasteiger partial charge in [-0.05, 0) is 17.2 Å². The maximum Gasteiger partial charge on any atom is 0.408 e. The normalized spacial score (nSPS) is 32.5. The first-order chi connectivity index (χ1) is 9.22. The van der Waals surface area contributed by atoms with E-state index >= 15 is 0 Å². The first-order valence-electron chi connectivity index (χ1n) is 6.59. The molecule has 0 spiro atoms. The molecule has 6 N–H and O–H groups in total. The Balaban J connectivity index is 3.65. The zero-order valence-corrected chi connectivity index (χ0v) is 13.9. The summed E-state index contributed by atoms with van der Waals surface area (Å²) < 4.78 is 17.3. The van der Waals surface area contributed by atoms with Crippen LogP contribution in [-0.4, -0.2) is 46.8 Å². The lowest BCUT2D eigenvalue weighted by atomic mass is 9.86. The maximum atomic E-state index is 6.38. The minimum atomic E-state index is -3.12. The van der Waals surface area contributed by atoms with E-state index < -0.39 is 25.5 Å². The summed E-state index contributed by atoms with van der Waals surface area (Å²) in [6, 6.07) is -0.674. The molecule has 1 heterocycles. The molecule has 2 atom stereocenters. The lowest BCUT2D eigenvalue weighted by Crippen LogP contribution is -2.88. The smallest absolute Gasteiger partial charge is 0.393 e. The average Bonchev–Trinajstić information content (AvgIpc) is 2.44. The molecule has 1 aliphatic rings. The summed E-state index contributed by atoms with van der Waals surface area (Å²) in [5, 5.41) is -0.396. The molecule has 0 aromatic rings. The van der Waals surface area contributed by atoms with E-state index in [1.807, 2.05) is 6.92 Å². The third-order valence-corrected chi connectivity index (χ3v) is 8.65. The number of rotatable bonds is 5.